The van der Waals surface area contributed by atoms with Gasteiger partial charge in [-0.05, 0) is 31.4 Å². The third-order valence-electron chi connectivity index (χ3n) is 3.06. The fraction of sp³-hybridized carbons (Fsp3) is 0.333. The molecule has 0 amide bonds. The van der Waals surface area contributed by atoms with E-state index in [-0.39, 0.29) is 0 Å². The maximum absolute atomic E-state index is 4.27. The lowest BCUT2D eigenvalue weighted by Gasteiger charge is -2.03. The standard InChI is InChI=1S/C12H13N3/c1-3-9-6-7-15-11(8(9)2)13-14-12(15)10-4-5-10/h3,6-7,10H,1,4-5H2,2H3. The lowest BCUT2D eigenvalue weighted by atomic mass is 10.1. The van der Waals surface area contributed by atoms with Crippen molar-refractivity contribution in [2.24, 2.45) is 0 Å². The summed E-state index contributed by atoms with van der Waals surface area (Å²) in [5.41, 5.74) is 3.26. The van der Waals surface area contributed by atoms with Gasteiger partial charge >= 0.3 is 0 Å². The first kappa shape index (κ1) is 8.65. The fourth-order valence-corrected chi connectivity index (χ4v) is 1.96. The Hall–Kier alpha value is -1.64. The molecular formula is C12H13N3. The number of fused-ring (bicyclic) bond motifs is 1. The Morgan fingerprint density at radius 2 is 2.27 bits per heavy atom. The first-order valence-corrected chi connectivity index (χ1v) is 5.28. The van der Waals surface area contributed by atoms with Gasteiger partial charge in [0, 0.05) is 17.7 Å². The van der Waals surface area contributed by atoms with E-state index in [0.717, 1.165) is 22.6 Å². The molecule has 2 heterocycles. The van der Waals surface area contributed by atoms with Gasteiger partial charge in [0.25, 0.3) is 0 Å². The fourth-order valence-electron chi connectivity index (χ4n) is 1.96. The summed E-state index contributed by atoms with van der Waals surface area (Å²) in [5, 5.41) is 8.53. The molecule has 2 aromatic rings. The van der Waals surface area contributed by atoms with E-state index in [1.807, 2.05) is 12.3 Å². The normalized spacial score (nSPS) is 15.8. The van der Waals surface area contributed by atoms with Crippen LogP contribution in [0.5, 0.6) is 0 Å². The summed E-state index contributed by atoms with van der Waals surface area (Å²) >= 11 is 0. The highest BCUT2D eigenvalue weighted by Crippen LogP contribution is 2.39. The smallest absolute Gasteiger partial charge is 0.164 e. The maximum Gasteiger partial charge on any atom is 0.164 e. The van der Waals surface area contributed by atoms with Gasteiger partial charge in [0.2, 0.25) is 0 Å². The van der Waals surface area contributed by atoms with Gasteiger partial charge in [-0.1, -0.05) is 12.7 Å². The lowest BCUT2D eigenvalue weighted by molar-refractivity contribution is 0.897. The quantitative estimate of drug-likeness (QED) is 0.744. The minimum Gasteiger partial charge on any atom is -0.286 e. The molecule has 2 aromatic heterocycles. The number of aromatic nitrogens is 3. The lowest BCUT2D eigenvalue weighted by Crippen LogP contribution is -1.94. The second-order valence-electron chi connectivity index (χ2n) is 4.13. The zero-order chi connectivity index (χ0) is 10.4. The largest absolute Gasteiger partial charge is 0.286 e. The third-order valence-corrected chi connectivity index (χ3v) is 3.06. The monoisotopic (exact) mass is 199 g/mol. The molecule has 3 rings (SSSR count). The van der Waals surface area contributed by atoms with Crippen molar-refractivity contribution in [2.45, 2.75) is 25.7 Å². The van der Waals surface area contributed by atoms with E-state index in [2.05, 4.69) is 34.2 Å². The van der Waals surface area contributed by atoms with Gasteiger partial charge in [-0.3, -0.25) is 4.40 Å². The van der Waals surface area contributed by atoms with E-state index in [1.54, 1.807) is 0 Å². The van der Waals surface area contributed by atoms with Gasteiger partial charge in [-0.25, -0.2) is 0 Å². The molecule has 0 atom stereocenters. The van der Waals surface area contributed by atoms with Crippen LogP contribution in [0.1, 0.15) is 35.7 Å². The van der Waals surface area contributed by atoms with Gasteiger partial charge in [-0.2, -0.15) is 0 Å². The predicted octanol–water partition coefficient (Wildman–Crippen LogP) is 2.56. The van der Waals surface area contributed by atoms with Crippen LogP contribution in [0.25, 0.3) is 11.7 Å². The zero-order valence-corrected chi connectivity index (χ0v) is 8.77. The molecule has 0 bridgehead atoms. The molecule has 1 fully saturated rings. The number of hydrogen-bond donors (Lipinski definition) is 0. The molecule has 1 saturated carbocycles. The molecule has 0 spiro atoms. The van der Waals surface area contributed by atoms with Crippen LogP contribution >= 0.6 is 0 Å². The third kappa shape index (κ3) is 1.19. The Morgan fingerprint density at radius 1 is 1.47 bits per heavy atom. The molecule has 3 heteroatoms. The topological polar surface area (TPSA) is 30.2 Å². The number of hydrogen-bond acceptors (Lipinski definition) is 2. The van der Waals surface area contributed by atoms with Crippen molar-refractivity contribution >= 4 is 11.7 Å². The highest BCUT2D eigenvalue weighted by Gasteiger charge is 2.28. The summed E-state index contributed by atoms with van der Waals surface area (Å²) in [7, 11) is 0. The van der Waals surface area contributed by atoms with Crippen LogP contribution < -0.4 is 0 Å². The van der Waals surface area contributed by atoms with Crippen LogP contribution in [0.2, 0.25) is 0 Å². The summed E-state index contributed by atoms with van der Waals surface area (Å²) in [6, 6.07) is 2.07. The molecule has 0 saturated heterocycles. The van der Waals surface area contributed by atoms with Crippen molar-refractivity contribution in [2.75, 3.05) is 0 Å². The van der Waals surface area contributed by atoms with Crippen LogP contribution in [-0.2, 0) is 0 Å². The average Bonchev–Trinajstić information content (AvgIpc) is 2.99. The summed E-state index contributed by atoms with van der Waals surface area (Å²) in [6.45, 7) is 5.86. The van der Waals surface area contributed by atoms with Gasteiger partial charge in [-0.15, -0.1) is 10.2 Å². The average molecular weight is 199 g/mol. The van der Waals surface area contributed by atoms with Crippen LogP contribution in [-0.4, -0.2) is 14.6 Å². The number of aryl methyl sites for hydroxylation is 1. The summed E-state index contributed by atoms with van der Waals surface area (Å²) in [4.78, 5) is 0. The second-order valence-corrected chi connectivity index (χ2v) is 4.13. The van der Waals surface area contributed by atoms with Crippen LogP contribution in [0.15, 0.2) is 18.8 Å². The molecule has 15 heavy (non-hydrogen) atoms. The maximum atomic E-state index is 4.27. The molecule has 0 aromatic carbocycles. The molecule has 1 aliphatic rings. The first-order valence-electron chi connectivity index (χ1n) is 5.28. The highest BCUT2D eigenvalue weighted by atomic mass is 15.3. The minimum atomic E-state index is 0.633. The Kier molecular flexibility index (Phi) is 1.69. The molecule has 0 radical (unpaired) electrons. The minimum absolute atomic E-state index is 0.633. The molecule has 0 unspecified atom stereocenters. The zero-order valence-electron chi connectivity index (χ0n) is 8.77. The molecule has 0 aliphatic heterocycles. The first-order chi connectivity index (χ1) is 7.31. The highest BCUT2D eigenvalue weighted by molar-refractivity contribution is 5.61. The van der Waals surface area contributed by atoms with Crippen molar-refractivity contribution in [3.8, 4) is 0 Å². The second kappa shape index (κ2) is 2.92. The number of pyridine rings is 1. The van der Waals surface area contributed by atoms with Crippen molar-refractivity contribution in [1.29, 1.82) is 0 Å². The number of rotatable bonds is 2. The van der Waals surface area contributed by atoms with E-state index in [0.29, 0.717) is 5.92 Å². The molecule has 76 valence electrons. The Morgan fingerprint density at radius 3 is 2.93 bits per heavy atom. The van der Waals surface area contributed by atoms with Crippen molar-refractivity contribution < 1.29 is 0 Å². The van der Waals surface area contributed by atoms with Gasteiger partial charge in [0.15, 0.2) is 5.65 Å². The van der Waals surface area contributed by atoms with E-state index in [1.165, 1.54) is 12.8 Å². The van der Waals surface area contributed by atoms with Gasteiger partial charge in [0.1, 0.15) is 5.82 Å². The van der Waals surface area contributed by atoms with Gasteiger partial charge in [0.05, 0.1) is 0 Å². The van der Waals surface area contributed by atoms with Gasteiger partial charge < -0.3 is 0 Å². The van der Waals surface area contributed by atoms with E-state index in [4.69, 9.17) is 0 Å². The summed E-state index contributed by atoms with van der Waals surface area (Å²) < 4.78 is 2.11. The van der Waals surface area contributed by atoms with E-state index >= 15 is 0 Å². The Labute approximate surface area is 88.5 Å². The van der Waals surface area contributed by atoms with Crippen molar-refractivity contribution in [1.82, 2.24) is 14.6 Å². The van der Waals surface area contributed by atoms with Crippen molar-refractivity contribution in [3.05, 3.63) is 35.8 Å². The SMILES string of the molecule is C=Cc1ccn2c(C3CC3)nnc2c1C. The Bertz CT molecular complexity index is 535. The Balaban J connectivity index is 2.28. The van der Waals surface area contributed by atoms with Crippen LogP contribution in [0.3, 0.4) is 0 Å². The van der Waals surface area contributed by atoms with Crippen LogP contribution in [0.4, 0.5) is 0 Å². The molecule has 1 aliphatic carbocycles. The molecular weight excluding hydrogens is 186 g/mol. The van der Waals surface area contributed by atoms with E-state index in [9.17, 15) is 0 Å². The number of nitrogens with zero attached hydrogens (tertiary/aromatic N) is 3. The summed E-state index contributed by atoms with van der Waals surface area (Å²) in [5.74, 6) is 1.75. The summed E-state index contributed by atoms with van der Waals surface area (Å²) in [6.07, 6.45) is 6.42. The van der Waals surface area contributed by atoms with Crippen LogP contribution in [0, 0.1) is 6.92 Å². The predicted molar refractivity (Wildman–Crippen MR) is 59.8 cm³/mol. The molecule has 0 N–H and O–H groups in total. The van der Waals surface area contributed by atoms with E-state index < -0.39 is 0 Å². The molecule has 3 nitrogen and oxygen atoms in total. The van der Waals surface area contributed by atoms with Crippen molar-refractivity contribution in [3.63, 3.8) is 0 Å².